The van der Waals surface area contributed by atoms with Crippen LogP contribution in [0.2, 0.25) is 0 Å². The number of hydrogen-bond donors (Lipinski definition) is 2. The molecule has 0 saturated heterocycles. The van der Waals surface area contributed by atoms with Crippen molar-refractivity contribution in [1.29, 1.82) is 0 Å². The summed E-state index contributed by atoms with van der Waals surface area (Å²) in [5.41, 5.74) is 0.721. The number of hydrogen-bond acceptors (Lipinski definition) is 4. The Hall–Kier alpha value is -2.96. The molecule has 0 radical (unpaired) electrons. The maximum absolute atomic E-state index is 12.5. The van der Waals surface area contributed by atoms with Crippen molar-refractivity contribution in [3.8, 4) is 0 Å². The van der Waals surface area contributed by atoms with E-state index < -0.39 is 11.5 Å². The fourth-order valence-electron chi connectivity index (χ4n) is 3.26. The quantitative estimate of drug-likeness (QED) is 0.709. The molecule has 2 N–H and O–H groups in total. The molecule has 0 bridgehead atoms. The van der Waals surface area contributed by atoms with Gasteiger partial charge in [0.1, 0.15) is 5.82 Å². The number of amides is 1. The number of nitrogens with zero attached hydrogens (tertiary/aromatic N) is 3. The average molecular weight is 351 g/mol. The van der Waals surface area contributed by atoms with Crippen LogP contribution in [0, 0.1) is 5.41 Å². The van der Waals surface area contributed by atoms with Crippen LogP contribution < -0.4 is 10.9 Å². The average Bonchev–Trinajstić information content (AvgIpc) is 3.27. The molecule has 0 spiro atoms. The number of H-pyrrole nitrogens is 1. The van der Waals surface area contributed by atoms with Gasteiger partial charge in [-0.3, -0.25) is 9.59 Å². The van der Waals surface area contributed by atoms with Crippen molar-refractivity contribution >= 4 is 16.9 Å². The van der Waals surface area contributed by atoms with E-state index in [1.165, 1.54) is 0 Å². The molecule has 1 aromatic carbocycles. The highest BCUT2D eigenvalue weighted by atomic mass is 16.2. The molecule has 3 aromatic rings. The van der Waals surface area contributed by atoms with Crippen molar-refractivity contribution in [3.05, 3.63) is 58.5 Å². The molecular weight excluding hydrogens is 330 g/mol. The molecule has 0 atom stereocenters. The smallest absolute Gasteiger partial charge is 0.280 e. The van der Waals surface area contributed by atoms with Crippen molar-refractivity contribution < 1.29 is 4.79 Å². The van der Waals surface area contributed by atoms with Gasteiger partial charge in [0.05, 0.1) is 11.0 Å². The molecule has 2 aromatic heterocycles. The van der Waals surface area contributed by atoms with E-state index in [2.05, 4.69) is 31.8 Å². The third-order valence-corrected chi connectivity index (χ3v) is 5.02. The van der Waals surface area contributed by atoms with Crippen LogP contribution in [0.5, 0.6) is 0 Å². The first kappa shape index (κ1) is 16.5. The summed E-state index contributed by atoms with van der Waals surface area (Å²) in [6.45, 7) is 3.44. The Morgan fingerprint density at radius 1 is 1.35 bits per heavy atom. The summed E-state index contributed by atoms with van der Waals surface area (Å²) in [4.78, 5) is 35.9. The molecule has 1 amide bonds. The molecule has 134 valence electrons. The fraction of sp³-hybridized carbons (Fsp3) is 0.368. The number of rotatable bonds is 6. The lowest BCUT2D eigenvalue weighted by molar-refractivity contribution is 0.0936. The zero-order valence-electron chi connectivity index (χ0n) is 14.7. The van der Waals surface area contributed by atoms with Crippen LogP contribution in [0.1, 0.15) is 36.1 Å². The summed E-state index contributed by atoms with van der Waals surface area (Å²) in [7, 11) is 0. The molecular formula is C19H21N5O2. The van der Waals surface area contributed by atoms with Crippen LogP contribution in [-0.2, 0) is 13.0 Å². The van der Waals surface area contributed by atoms with Gasteiger partial charge in [0.15, 0.2) is 5.69 Å². The maximum atomic E-state index is 12.5. The SMILES string of the molecule is CCc1nccn1CC1(CNC(=O)c2nc3ccccc3[nH]c2=O)CC1. The van der Waals surface area contributed by atoms with Gasteiger partial charge in [-0.1, -0.05) is 19.1 Å². The van der Waals surface area contributed by atoms with Gasteiger partial charge in [-0.15, -0.1) is 0 Å². The number of aromatic nitrogens is 4. The first-order chi connectivity index (χ1) is 12.6. The van der Waals surface area contributed by atoms with Gasteiger partial charge in [0.25, 0.3) is 11.5 Å². The minimum absolute atomic E-state index is 0.0455. The predicted molar refractivity (Wildman–Crippen MR) is 98.0 cm³/mol. The van der Waals surface area contributed by atoms with E-state index in [0.29, 0.717) is 17.6 Å². The van der Waals surface area contributed by atoms with Crippen molar-refractivity contribution in [3.63, 3.8) is 0 Å². The topological polar surface area (TPSA) is 92.7 Å². The Labute approximate surface area is 150 Å². The minimum atomic E-state index is -0.464. The molecule has 1 saturated carbocycles. The molecule has 0 aliphatic heterocycles. The second kappa shape index (κ2) is 6.40. The molecule has 7 nitrogen and oxygen atoms in total. The highest BCUT2D eigenvalue weighted by Gasteiger charge is 2.43. The number of aryl methyl sites for hydroxylation is 1. The lowest BCUT2D eigenvalue weighted by Crippen LogP contribution is -2.36. The van der Waals surface area contributed by atoms with E-state index in [9.17, 15) is 9.59 Å². The van der Waals surface area contributed by atoms with Crippen molar-refractivity contribution in [2.45, 2.75) is 32.7 Å². The van der Waals surface area contributed by atoms with E-state index in [0.717, 1.165) is 31.6 Å². The Morgan fingerprint density at radius 3 is 2.92 bits per heavy atom. The van der Waals surface area contributed by atoms with Crippen LogP contribution >= 0.6 is 0 Å². The summed E-state index contributed by atoms with van der Waals surface area (Å²) in [6.07, 6.45) is 6.78. The van der Waals surface area contributed by atoms with Crippen LogP contribution in [0.3, 0.4) is 0 Å². The maximum Gasteiger partial charge on any atom is 0.280 e. The Kier molecular flexibility index (Phi) is 4.06. The van der Waals surface area contributed by atoms with Crippen molar-refractivity contribution in [1.82, 2.24) is 24.8 Å². The van der Waals surface area contributed by atoms with E-state index in [1.807, 2.05) is 24.5 Å². The minimum Gasteiger partial charge on any atom is -0.350 e. The van der Waals surface area contributed by atoms with Gasteiger partial charge < -0.3 is 14.9 Å². The second-order valence-corrected chi connectivity index (χ2v) is 6.94. The van der Waals surface area contributed by atoms with Gasteiger partial charge in [-0.2, -0.15) is 0 Å². The van der Waals surface area contributed by atoms with Crippen LogP contribution in [-0.4, -0.2) is 32.0 Å². The molecule has 4 rings (SSSR count). The number of carbonyl (C=O) groups excluding carboxylic acids is 1. The molecule has 26 heavy (non-hydrogen) atoms. The lowest BCUT2D eigenvalue weighted by Gasteiger charge is -2.18. The van der Waals surface area contributed by atoms with Gasteiger partial charge in [-0.25, -0.2) is 9.97 Å². The van der Waals surface area contributed by atoms with Gasteiger partial charge in [-0.05, 0) is 25.0 Å². The first-order valence-corrected chi connectivity index (χ1v) is 8.87. The lowest BCUT2D eigenvalue weighted by atomic mass is 10.1. The zero-order valence-corrected chi connectivity index (χ0v) is 14.7. The standard InChI is InChI=1S/C19H21N5O2/c1-2-15-20-9-10-24(15)12-19(7-8-19)11-21-17(25)16-18(26)23-14-6-4-3-5-13(14)22-16/h3-6,9-10H,2,7-8,11-12H2,1H3,(H,21,25)(H,23,26). The number of aromatic amines is 1. The van der Waals surface area contributed by atoms with Gasteiger partial charge in [0, 0.05) is 37.3 Å². The fourth-order valence-corrected chi connectivity index (χ4v) is 3.26. The van der Waals surface area contributed by atoms with Crippen molar-refractivity contribution in [2.75, 3.05) is 6.54 Å². The number of nitrogens with one attached hydrogen (secondary N) is 2. The molecule has 7 heteroatoms. The molecule has 0 unspecified atom stereocenters. The monoisotopic (exact) mass is 351 g/mol. The number of para-hydroxylation sites is 2. The summed E-state index contributed by atoms with van der Waals surface area (Å²) in [5.74, 6) is 0.625. The van der Waals surface area contributed by atoms with E-state index >= 15 is 0 Å². The first-order valence-electron chi connectivity index (χ1n) is 8.87. The summed E-state index contributed by atoms with van der Waals surface area (Å²) in [5, 5.41) is 2.90. The predicted octanol–water partition coefficient (Wildman–Crippen LogP) is 1.89. The number of benzene rings is 1. The zero-order chi connectivity index (χ0) is 18.1. The van der Waals surface area contributed by atoms with E-state index in [-0.39, 0.29) is 11.1 Å². The summed E-state index contributed by atoms with van der Waals surface area (Å²) >= 11 is 0. The van der Waals surface area contributed by atoms with Crippen LogP contribution in [0.15, 0.2) is 41.5 Å². The Morgan fingerprint density at radius 2 is 2.15 bits per heavy atom. The Bertz CT molecular complexity index is 1020. The van der Waals surface area contributed by atoms with Gasteiger partial charge in [0.2, 0.25) is 0 Å². The van der Waals surface area contributed by atoms with Crippen LogP contribution in [0.4, 0.5) is 0 Å². The third kappa shape index (κ3) is 3.12. The van der Waals surface area contributed by atoms with E-state index in [1.54, 1.807) is 12.1 Å². The second-order valence-electron chi connectivity index (χ2n) is 6.94. The Balaban J connectivity index is 1.47. The summed E-state index contributed by atoms with van der Waals surface area (Å²) < 4.78 is 2.15. The van der Waals surface area contributed by atoms with Crippen LogP contribution in [0.25, 0.3) is 11.0 Å². The number of fused-ring (bicyclic) bond motifs is 1. The highest BCUT2D eigenvalue weighted by Crippen LogP contribution is 2.46. The molecule has 1 fully saturated rings. The van der Waals surface area contributed by atoms with Crippen molar-refractivity contribution in [2.24, 2.45) is 5.41 Å². The number of imidazole rings is 1. The molecule has 1 aliphatic rings. The normalized spacial score (nSPS) is 15.1. The molecule has 2 heterocycles. The van der Waals surface area contributed by atoms with Gasteiger partial charge >= 0.3 is 0 Å². The third-order valence-electron chi connectivity index (χ3n) is 5.02. The van der Waals surface area contributed by atoms with E-state index in [4.69, 9.17) is 0 Å². The highest BCUT2D eigenvalue weighted by molar-refractivity contribution is 5.93. The number of carbonyl (C=O) groups is 1. The largest absolute Gasteiger partial charge is 0.350 e. The summed E-state index contributed by atoms with van der Waals surface area (Å²) in [6, 6.07) is 7.18. The molecule has 1 aliphatic carbocycles.